The van der Waals surface area contributed by atoms with Crippen molar-refractivity contribution in [1.82, 2.24) is 15.0 Å². The van der Waals surface area contributed by atoms with E-state index in [9.17, 15) is 14.4 Å². The molecule has 0 saturated carbocycles. The summed E-state index contributed by atoms with van der Waals surface area (Å²) in [6.07, 6.45) is 1.59. The number of anilines is 1. The lowest BCUT2D eigenvalue weighted by Gasteiger charge is -2.37. The van der Waals surface area contributed by atoms with Crippen molar-refractivity contribution >= 4 is 17.6 Å². The van der Waals surface area contributed by atoms with Gasteiger partial charge in [-0.3, -0.25) is 14.5 Å². The average Bonchev–Trinajstić information content (AvgIpc) is 3.01. The second-order valence-corrected chi connectivity index (χ2v) is 7.35. The Balaban J connectivity index is 1.79. The largest absolute Gasteiger partial charge is 0.480 e. The van der Waals surface area contributed by atoms with Crippen LogP contribution in [0.25, 0.3) is 11.1 Å². The number of rotatable bonds is 6. The molecule has 2 N–H and O–H groups in total. The van der Waals surface area contributed by atoms with Crippen molar-refractivity contribution < 1.29 is 19.2 Å². The van der Waals surface area contributed by atoms with Gasteiger partial charge in [0.25, 0.3) is 0 Å². The summed E-state index contributed by atoms with van der Waals surface area (Å²) in [5.74, 6) is -1.01. The maximum Gasteiger partial charge on any atom is 0.365 e. The van der Waals surface area contributed by atoms with E-state index in [1.54, 1.807) is 6.20 Å². The molecule has 1 aromatic carbocycles. The summed E-state index contributed by atoms with van der Waals surface area (Å²) in [5, 5.41) is 11.5. The standard InChI is InChI=1S/C20H26N4O5/c1-13-8-16(17-10-24(29-20(17)28)12-21-15(3)25)9-14(2)19(13)23-6-4-22(5-7-23)11-18(26)27/h8-10H,4-7,11-12H2,1-3H3,(H,21,25)(H,26,27). The van der Waals surface area contributed by atoms with Crippen molar-refractivity contribution in [3.63, 3.8) is 0 Å². The molecule has 1 aliphatic heterocycles. The van der Waals surface area contributed by atoms with Gasteiger partial charge in [0.2, 0.25) is 5.91 Å². The Morgan fingerprint density at radius 3 is 2.31 bits per heavy atom. The van der Waals surface area contributed by atoms with Crippen molar-refractivity contribution in [3.05, 3.63) is 39.9 Å². The molecule has 0 radical (unpaired) electrons. The van der Waals surface area contributed by atoms with E-state index >= 15 is 0 Å². The van der Waals surface area contributed by atoms with Gasteiger partial charge >= 0.3 is 11.6 Å². The van der Waals surface area contributed by atoms with E-state index in [1.807, 2.05) is 30.9 Å². The highest BCUT2D eigenvalue weighted by Gasteiger charge is 2.22. The molecule has 0 spiro atoms. The smallest absolute Gasteiger partial charge is 0.365 e. The van der Waals surface area contributed by atoms with Gasteiger partial charge in [-0.1, -0.05) is 0 Å². The molecule has 2 aromatic rings. The molecule has 29 heavy (non-hydrogen) atoms. The number of carboxylic acids is 1. The third-order valence-electron chi connectivity index (χ3n) is 5.03. The summed E-state index contributed by atoms with van der Waals surface area (Å²) >= 11 is 0. The van der Waals surface area contributed by atoms with Crippen molar-refractivity contribution in [2.24, 2.45) is 0 Å². The monoisotopic (exact) mass is 402 g/mol. The van der Waals surface area contributed by atoms with E-state index in [1.165, 1.54) is 11.7 Å². The molecular formula is C20H26N4O5. The van der Waals surface area contributed by atoms with Crippen LogP contribution in [-0.4, -0.2) is 59.3 Å². The molecule has 2 heterocycles. The fraction of sp³-hybridized carbons (Fsp3) is 0.450. The number of aryl methyl sites for hydroxylation is 2. The SMILES string of the molecule is CC(=O)NCn1cc(-c2cc(C)c(N3CCN(CC(=O)O)CC3)c(C)c2)c(=O)o1. The van der Waals surface area contributed by atoms with Gasteiger partial charge in [-0.25, -0.2) is 4.79 Å². The lowest BCUT2D eigenvalue weighted by molar-refractivity contribution is -0.138. The number of piperazine rings is 1. The Morgan fingerprint density at radius 1 is 1.14 bits per heavy atom. The fourth-order valence-corrected chi connectivity index (χ4v) is 3.77. The lowest BCUT2D eigenvalue weighted by atomic mass is 9.99. The van der Waals surface area contributed by atoms with Crippen molar-refractivity contribution in [2.75, 3.05) is 37.6 Å². The van der Waals surface area contributed by atoms with Gasteiger partial charge in [-0.05, 0) is 42.7 Å². The molecule has 1 amide bonds. The Morgan fingerprint density at radius 2 is 1.76 bits per heavy atom. The van der Waals surface area contributed by atoms with E-state index in [0.717, 1.165) is 35.5 Å². The van der Waals surface area contributed by atoms with Gasteiger partial charge in [-0.2, -0.15) is 4.74 Å². The number of amides is 1. The first-order chi connectivity index (χ1) is 13.7. The van der Waals surface area contributed by atoms with Gasteiger partial charge < -0.3 is 19.8 Å². The highest BCUT2D eigenvalue weighted by Crippen LogP contribution is 2.30. The minimum Gasteiger partial charge on any atom is -0.480 e. The van der Waals surface area contributed by atoms with Crippen molar-refractivity contribution in [2.45, 2.75) is 27.4 Å². The zero-order chi connectivity index (χ0) is 21.1. The number of carboxylic acid groups (broad SMARTS) is 1. The maximum atomic E-state index is 12.3. The van der Waals surface area contributed by atoms with Crippen LogP contribution in [0.5, 0.6) is 0 Å². The van der Waals surface area contributed by atoms with Gasteiger partial charge in [0.15, 0.2) is 0 Å². The van der Waals surface area contributed by atoms with E-state index in [0.29, 0.717) is 18.7 Å². The van der Waals surface area contributed by atoms with Crippen LogP contribution in [-0.2, 0) is 16.3 Å². The molecule has 1 aliphatic rings. The fourth-order valence-electron chi connectivity index (χ4n) is 3.77. The van der Waals surface area contributed by atoms with Crippen LogP contribution >= 0.6 is 0 Å². The number of carbonyl (C=O) groups excluding carboxylic acids is 1. The van der Waals surface area contributed by atoms with Crippen LogP contribution in [0.2, 0.25) is 0 Å². The Hall–Kier alpha value is -3.07. The van der Waals surface area contributed by atoms with Gasteiger partial charge in [0, 0.05) is 38.8 Å². The molecule has 0 atom stereocenters. The minimum atomic E-state index is -0.806. The molecule has 1 fully saturated rings. The molecular weight excluding hydrogens is 376 g/mol. The average molecular weight is 402 g/mol. The van der Waals surface area contributed by atoms with Crippen LogP contribution < -0.4 is 15.8 Å². The second kappa shape index (κ2) is 8.52. The lowest BCUT2D eigenvalue weighted by Crippen LogP contribution is -2.48. The van der Waals surface area contributed by atoms with Crippen LogP contribution in [0, 0.1) is 13.8 Å². The van der Waals surface area contributed by atoms with Gasteiger partial charge in [0.05, 0.1) is 18.3 Å². The third-order valence-corrected chi connectivity index (χ3v) is 5.03. The van der Waals surface area contributed by atoms with Crippen LogP contribution in [0.3, 0.4) is 0 Å². The van der Waals surface area contributed by atoms with E-state index in [4.69, 9.17) is 9.63 Å². The molecule has 9 heteroatoms. The molecule has 1 aromatic heterocycles. The quantitative estimate of drug-likeness (QED) is 0.743. The van der Waals surface area contributed by atoms with E-state index in [-0.39, 0.29) is 19.1 Å². The molecule has 0 aliphatic carbocycles. The predicted molar refractivity (Wildman–Crippen MR) is 108 cm³/mol. The Labute approximate surface area is 168 Å². The third kappa shape index (κ3) is 4.86. The molecule has 1 saturated heterocycles. The first kappa shape index (κ1) is 20.7. The topological polar surface area (TPSA) is 108 Å². The first-order valence-electron chi connectivity index (χ1n) is 9.50. The summed E-state index contributed by atoms with van der Waals surface area (Å²) in [4.78, 5) is 38.4. The highest BCUT2D eigenvalue weighted by molar-refractivity contribution is 5.73. The minimum absolute atomic E-state index is 0.0655. The number of nitrogens with one attached hydrogen (secondary N) is 1. The number of aromatic nitrogens is 1. The summed E-state index contributed by atoms with van der Waals surface area (Å²) in [6, 6.07) is 3.92. The van der Waals surface area contributed by atoms with Crippen molar-refractivity contribution in [3.8, 4) is 11.1 Å². The number of hydrogen-bond donors (Lipinski definition) is 2. The number of carbonyl (C=O) groups is 2. The van der Waals surface area contributed by atoms with Crippen LogP contribution in [0.1, 0.15) is 18.1 Å². The zero-order valence-electron chi connectivity index (χ0n) is 16.9. The molecule has 0 bridgehead atoms. The molecule has 0 unspecified atom stereocenters. The highest BCUT2D eigenvalue weighted by atomic mass is 16.5. The van der Waals surface area contributed by atoms with Gasteiger partial charge in [0.1, 0.15) is 6.67 Å². The predicted octanol–water partition coefficient (Wildman–Crippen LogP) is 1.03. The van der Waals surface area contributed by atoms with Gasteiger partial charge in [-0.15, -0.1) is 0 Å². The first-order valence-corrected chi connectivity index (χ1v) is 9.50. The zero-order valence-corrected chi connectivity index (χ0v) is 16.9. The normalized spacial score (nSPS) is 14.8. The number of hydrogen-bond acceptors (Lipinski definition) is 6. The number of benzene rings is 1. The molecule has 3 rings (SSSR count). The number of nitrogens with zero attached hydrogens (tertiary/aromatic N) is 3. The van der Waals surface area contributed by atoms with Crippen molar-refractivity contribution in [1.29, 1.82) is 0 Å². The summed E-state index contributed by atoms with van der Waals surface area (Å²) in [7, 11) is 0. The maximum absolute atomic E-state index is 12.3. The summed E-state index contributed by atoms with van der Waals surface area (Å²) in [6.45, 7) is 8.47. The molecule has 9 nitrogen and oxygen atoms in total. The van der Waals surface area contributed by atoms with E-state index < -0.39 is 11.6 Å². The second-order valence-electron chi connectivity index (χ2n) is 7.35. The summed E-state index contributed by atoms with van der Waals surface area (Å²) < 4.78 is 6.48. The molecule has 156 valence electrons. The number of aliphatic carboxylic acids is 1. The summed E-state index contributed by atoms with van der Waals surface area (Å²) in [5.41, 5.74) is 3.96. The Kier molecular flexibility index (Phi) is 6.07. The van der Waals surface area contributed by atoms with E-state index in [2.05, 4.69) is 10.2 Å². The van der Waals surface area contributed by atoms with Crippen LogP contribution in [0.15, 0.2) is 27.6 Å². The Bertz CT molecular complexity index is 946. The van der Waals surface area contributed by atoms with Crippen LogP contribution in [0.4, 0.5) is 5.69 Å².